The summed E-state index contributed by atoms with van der Waals surface area (Å²) in [5.74, 6) is 0.717. The van der Waals surface area contributed by atoms with Crippen LogP contribution < -0.4 is 0 Å². The van der Waals surface area contributed by atoms with Crippen LogP contribution in [0.1, 0.15) is 45.1 Å². The molecule has 3 aromatic carbocycles. The standard InChI is InChI=1S/C26H31N/c1-3-27(4-2)23-16-13-20(14-17-23)15-18-26-24-11-7-5-9-21(24)19-22-10-6-8-12-25(22)26/h5-12,15,18-20,23H,3-4,13-14,16-17H2,1-2H3/b18-15+. The molecule has 27 heavy (non-hydrogen) atoms. The molecule has 1 aliphatic rings. The Morgan fingerprint density at radius 1 is 0.815 bits per heavy atom. The van der Waals surface area contributed by atoms with Gasteiger partial charge in [-0.25, -0.2) is 0 Å². The fourth-order valence-corrected chi connectivity index (χ4v) is 4.86. The molecule has 1 saturated carbocycles. The van der Waals surface area contributed by atoms with Crippen LogP contribution in [-0.4, -0.2) is 24.0 Å². The number of nitrogens with zero attached hydrogens (tertiary/aromatic N) is 1. The Balaban J connectivity index is 1.60. The molecular weight excluding hydrogens is 326 g/mol. The molecule has 0 aliphatic heterocycles. The summed E-state index contributed by atoms with van der Waals surface area (Å²) in [4.78, 5) is 2.64. The van der Waals surface area contributed by atoms with Crippen molar-refractivity contribution in [1.82, 2.24) is 4.90 Å². The second-order valence-electron chi connectivity index (χ2n) is 7.88. The van der Waals surface area contributed by atoms with Gasteiger partial charge in [-0.15, -0.1) is 0 Å². The molecule has 1 aliphatic carbocycles. The first kappa shape index (κ1) is 18.3. The summed E-state index contributed by atoms with van der Waals surface area (Å²) in [5, 5.41) is 5.40. The smallest absolute Gasteiger partial charge is 0.00954 e. The largest absolute Gasteiger partial charge is 0.301 e. The lowest BCUT2D eigenvalue weighted by Crippen LogP contribution is -2.37. The van der Waals surface area contributed by atoms with Gasteiger partial charge in [-0.2, -0.15) is 0 Å². The van der Waals surface area contributed by atoms with Gasteiger partial charge in [-0.1, -0.05) is 74.5 Å². The highest BCUT2D eigenvalue weighted by molar-refractivity contribution is 6.06. The predicted molar refractivity (Wildman–Crippen MR) is 119 cm³/mol. The topological polar surface area (TPSA) is 3.24 Å². The van der Waals surface area contributed by atoms with Crippen molar-refractivity contribution in [2.75, 3.05) is 13.1 Å². The van der Waals surface area contributed by atoms with E-state index in [1.807, 2.05) is 0 Å². The summed E-state index contributed by atoms with van der Waals surface area (Å²) in [6.07, 6.45) is 10.2. The predicted octanol–water partition coefficient (Wildman–Crippen LogP) is 6.91. The first-order valence-corrected chi connectivity index (χ1v) is 10.6. The Kier molecular flexibility index (Phi) is 5.59. The minimum atomic E-state index is 0.717. The molecule has 0 heterocycles. The zero-order chi connectivity index (χ0) is 18.6. The van der Waals surface area contributed by atoms with Crippen LogP contribution in [0.15, 0.2) is 60.7 Å². The lowest BCUT2D eigenvalue weighted by molar-refractivity contribution is 0.159. The molecule has 0 atom stereocenters. The number of hydrogen-bond donors (Lipinski definition) is 0. The number of rotatable bonds is 5. The van der Waals surface area contributed by atoms with Gasteiger partial charge in [0.2, 0.25) is 0 Å². The number of hydrogen-bond acceptors (Lipinski definition) is 1. The van der Waals surface area contributed by atoms with Crippen LogP contribution in [0.2, 0.25) is 0 Å². The molecular formula is C26H31N. The van der Waals surface area contributed by atoms with Gasteiger partial charge in [0, 0.05) is 6.04 Å². The lowest BCUT2D eigenvalue weighted by Gasteiger charge is -2.35. The fraction of sp³-hybridized carbons (Fsp3) is 0.385. The number of fused-ring (bicyclic) bond motifs is 2. The van der Waals surface area contributed by atoms with Gasteiger partial charge in [0.25, 0.3) is 0 Å². The molecule has 1 fully saturated rings. The molecule has 0 bridgehead atoms. The Morgan fingerprint density at radius 2 is 1.37 bits per heavy atom. The average Bonchev–Trinajstić information content (AvgIpc) is 2.73. The van der Waals surface area contributed by atoms with Crippen molar-refractivity contribution in [2.24, 2.45) is 5.92 Å². The highest BCUT2D eigenvalue weighted by Crippen LogP contribution is 2.32. The highest BCUT2D eigenvalue weighted by Gasteiger charge is 2.23. The normalized spacial score (nSPS) is 20.9. The molecule has 1 heteroatoms. The first-order chi connectivity index (χ1) is 13.3. The van der Waals surface area contributed by atoms with Crippen molar-refractivity contribution in [1.29, 1.82) is 0 Å². The minimum Gasteiger partial charge on any atom is -0.301 e. The average molecular weight is 358 g/mol. The van der Waals surface area contributed by atoms with Crippen LogP contribution in [0.4, 0.5) is 0 Å². The van der Waals surface area contributed by atoms with Crippen LogP contribution in [0.5, 0.6) is 0 Å². The van der Waals surface area contributed by atoms with E-state index in [0.29, 0.717) is 0 Å². The highest BCUT2D eigenvalue weighted by atomic mass is 15.1. The van der Waals surface area contributed by atoms with E-state index in [-0.39, 0.29) is 0 Å². The third-order valence-corrected chi connectivity index (χ3v) is 6.42. The van der Waals surface area contributed by atoms with Crippen LogP contribution in [0.25, 0.3) is 27.6 Å². The summed E-state index contributed by atoms with van der Waals surface area (Å²) >= 11 is 0. The summed E-state index contributed by atoms with van der Waals surface area (Å²) in [5.41, 5.74) is 1.38. The summed E-state index contributed by atoms with van der Waals surface area (Å²) in [6, 6.07) is 20.7. The van der Waals surface area contributed by atoms with Gasteiger partial charge < -0.3 is 4.90 Å². The molecule has 0 radical (unpaired) electrons. The second kappa shape index (κ2) is 8.27. The second-order valence-corrected chi connectivity index (χ2v) is 7.88. The molecule has 0 spiro atoms. The van der Waals surface area contributed by atoms with E-state index in [9.17, 15) is 0 Å². The van der Waals surface area contributed by atoms with E-state index in [1.54, 1.807) is 0 Å². The van der Waals surface area contributed by atoms with E-state index in [2.05, 4.69) is 85.5 Å². The van der Waals surface area contributed by atoms with Crippen molar-refractivity contribution in [3.63, 3.8) is 0 Å². The van der Waals surface area contributed by atoms with E-state index < -0.39 is 0 Å². The summed E-state index contributed by atoms with van der Waals surface area (Å²) in [7, 11) is 0. The lowest BCUT2D eigenvalue weighted by atomic mass is 9.84. The first-order valence-electron chi connectivity index (χ1n) is 10.6. The molecule has 0 amide bonds. The summed E-state index contributed by atoms with van der Waals surface area (Å²) in [6.45, 7) is 6.95. The maximum Gasteiger partial charge on any atom is 0.00954 e. The number of benzene rings is 3. The Morgan fingerprint density at radius 3 is 1.93 bits per heavy atom. The molecule has 4 rings (SSSR count). The SMILES string of the molecule is CCN(CC)C1CCC(/C=C/c2c3ccccc3cc3ccccc23)CC1. The van der Waals surface area contributed by atoms with Crippen molar-refractivity contribution in [3.8, 4) is 0 Å². The molecule has 0 N–H and O–H groups in total. The Hall–Kier alpha value is -2.12. The third-order valence-electron chi connectivity index (χ3n) is 6.42. The van der Waals surface area contributed by atoms with Gasteiger partial charge in [-0.05, 0) is 77.9 Å². The Labute approximate surface area is 163 Å². The number of allylic oxidation sites excluding steroid dienone is 1. The van der Waals surface area contributed by atoms with E-state index in [4.69, 9.17) is 0 Å². The maximum atomic E-state index is 2.64. The quantitative estimate of drug-likeness (QED) is 0.449. The zero-order valence-electron chi connectivity index (χ0n) is 16.7. The van der Waals surface area contributed by atoms with Gasteiger partial charge in [0.15, 0.2) is 0 Å². The molecule has 0 aromatic heterocycles. The molecule has 140 valence electrons. The zero-order valence-corrected chi connectivity index (χ0v) is 16.7. The van der Waals surface area contributed by atoms with Crippen molar-refractivity contribution in [3.05, 3.63) is 66.2 Å². The maximum absolute atomic E-state index is 2.64. The van der Waals surface area contributed by atoms with Gasteiger partial charge in [0.05, 0.1) is 0 Å². The van der Waals surface area contributed by atoms with Gasteiger partial charge >= 0.3 is 0 Å². The molecule has 0 saturated heterocycles. The van der Waals surface area contributed by atoms with Crippen molar-refractivity contribution in [2.45, 2.75) is 45.6 Å². The summed E-state index contributed by atoms with van der Waals surface area (Å²) < 4.78 is 0. The van der Waals surface area contributed by atoms with E-state index in [0.717, 1.165) is 12.0 Å². The van der Waals surface area contributed by atoms with Crippen LogP contribution in [-0.2, 0) is 0 Å². The minimum absolute atomic E-state index is 0.717. The van der Waals surface area contributed by atoms with Crippen molar-refractivity contribution < 1.29 is 0 Å². The van der Waals surface area contributed by atoms with Crippen LogP contribution >= 0.6 is 0 Å². The van der Waals surface area contributed by atoms with Crippen molar-refractivity contribution >= 4 is 27.6 Å². The van der Waals surface area contributed by atoms with E-state index in [1.165, 1.54) is 65.9 Å². The van der Waals surface area contributed by atoms with Crippen LogP contribution in [0.3, 0.4) is 0 Å². The Bertz CT molecular complexity index is 873. The van der Waals surface area contributed by atoms with Gasteiger partial charge in [0.1, 0.15) is 0 Å². The third kappa shape index (κ3) is 3.80. The molecule has 1 nitrogen and oxygen atoms in total. The molecule has 3 aromatic rings. The fourth-order valence-electron chi connectivity index (χ4n) is 4.86. The molecule has 0 unspecified atom stereocenters. The monoisotopic (exact) mass is 357 g/mol. The van der Waals surface area contributed by atoms with Gasteiger partial charge in [-0.3, -0.25) is 0 Å². The van der Waals surface area contributed by atoms with E-state index >= 15 is 0 Å². The van der Waals surface area contributed by atoms with Crippen LogP contribution in [0, 0.1) is 5.92 Å².